The quantitative estimate of drug-likeness (QED) is 0.310. The van der Waals surface area contributed by atoms with Crippen LogP contribution in [0.1, 0.15) is 29.1 Å². The number of aromatic nitrogens is 3. The average molecular weight is 496 g/mol. The summed E-state index contributed by atoms with van der Waals surface area (Å²) in [5.41, 5.74) is 1.10. The van der Waals surface area contributed by atoms with Gasteiger partial charge in [0, 0.05) is 49.5 Å². The Kier molecular flexibility index (Phi) is 8.23. The molecule has 2 N–H and O–H groups in total. The highest BCUT2D eigenvalue weighted by Gasteiger charge is 2.08. The summed E-state index contributed by atoms with van der Waals surface area (Å²) < 4.78 is 1.96. The van der Waals surface area contributed by atoms with Gasteiger partial charge in [-0.05, 0) is 30.0 Å². The number of aryl methyl sites for hydroxylation is 1. The predicted molar refractivity (Wildman–Crippen MR) is 122 cm³/mol. The van der Waals surface area contributed by atoms with E-state index in [0.29, 0.717) is 12.5 Å². The molecule has 0 amide bonds. The lowest BCUT2D eigenvalue weighted by Crippen LogP contribution is -2.38. The SMILES string of the molecule is CN=C(NCc1ccc(-n2ccnc2C)nc1)NCC(C)c1cccs1.I. The highest BCUT2D eigenvalue weighted by molar-refractivity contribution is 14.0. The smallest absolute Gasteiger partial charge is 0.191 e. The normalized spacial score (nSPS) is 12.3. The van der Waals surface area contributed by atoms with Gasteiger partial charge in [-0.3, -0.25) is 9.56 Å². The molecule has 3 heterocycles. The summed E-state index contributed by atoms with van der Waals surface area (Å²) in [6.45, 7) is 5.69. The minimum absolute atomic E-state index is 0. The molecular weight excluding hydrogens is 471 g/mol. The van der Waals surface area contributed by atoms with Gasteiger partial charge < -0.3 is 10.6 Å². The van der Waals surface area contributed by atoms with E-state index in [4.69, 9.17) is 0 Å². The van der Waals surface area contributed by atoms with E-state index in [9.17, 15) is 0 Å². The van der Waals surface area contributed by atoms with E-state index in [2.05, 4.69) is 56.1 Å². The molecule has 0 bridgehead atoms. The third-order valence-electron chi connectivity index (χ3n) is 4.17. The monoisotopic (exact) mass is 496 g/mol. The van der Waals surface area contributed by atoms with Crippen molar-refractivity contribution in [1.82, 2.24) is 25.2 Å². The molecule has 0 saturated carbocycles. The minimum Gasteiger partial charge on any atom is -0.356 e. The highest BCUT2D eigenvalue weighted by Crippen LogP contribution is 2.19. The minimum atomic E-state index is 0. The van der Waals surface area contributed by atoms with Gasteiger partial charge in [0.1, 0.15) is 11.6 Å². The van der Waals surface area contributed by atoms with E-state index < -0.39 is 0 Å². The summed E-state index contributed by atoms with van der Waals surface area (Å²) in [4.78, 5) is 14.4. The molecule has 0 radical (unpaired) electrons. The molecule has 0 fully saturated rings. The molecule has 6 nitrogen and oxygen atoms in total. The van der Waals surface area contributed by atoms with Crippen molar-refractivity contribution in [3.63, 3.8) is 0 Å². The van der Waals surface area contributed by atoms with Crippen molar-refractivity contribution < 1.29 is 0 Å². The zero-order valence-corrected chi connectivity index (χ0v) is 18.9. The number of nitrogens with zero attached hydrogens (tertiary/aromatic N) is 4. The number of aliphatic imine (C=N–C) groups is 1. The van der Waals surface area contributed by atoms with Crippen LogP contribution in [0.15, 0.2) is 53.2 Å². The molecule has 1 unspecified atom stereocenters. The van der Waals surface area contributed by atoms with Crippen molar-refractivity contribution in [2.75, 3.05) is 13.6 Å². The van der Waals surface area contributed by atoms with Crippen LogP contribution in [0.3, 0.4) is 0 Å². The van der Waals surface area contributed by atoms with Gasteiger partial charge in [0.2, 0.25) is 0 Å². The molecule has 1 atom stereocenters. The molecule has 0 aliphatic rings. The number of guanidine groups is 1. The Morgan fingerprint density at radius 1 is 1.26 bits per heavy atom. The van der Waals surface area contributed by atoms with Gasteiger partial charge in [-0.1, -0.05) is 19.1 Å². The Hall–Kier alpha value is -1.94. The Morgan fingerprint density at radius 2 is 2.11 bits per heavy atom. The number of nitrogens with one attached hydrogen (secondary N) is 2. The number of rotatable bonds is 6. The molecule has 144 valence electrons. The van der Waals surface area contributed by atoms with Gasteiger partial charge in [-0.2, -0.15) is 0 Å². The van der Waals surface area contributed by atoms with Crippen LogP contribution in [0.4, 0.5) is 0 Å². The number of halogens is 1. The van der Waals surface area contributed by atoms with Crippen LogP contribution >= 0.6 is 35.3 Å². The summed E-state index contributed by atoms with van der Waals surface area (Å²) in [5, 5.41) is 8.83. The van der Waals surface area contributed by atoms with Crippen molar-refractivity contribution in [3.05, 3.63) is 64.5 Å². The Morgan fingerprint density at radius 3 is 2.70 bits per heavy atom. The molecule has 27 heavy (non-hydrogen) atoms. The zero-order chi connectivity index (χ0) is 18.4. The Balaban J connectivity index is 0.00000261. The molecule has 0 saturated heterocycles. The first-order chi connectivity index (χ1) is 12.7. The number of hydrogen-bond acceptors (Lipinski definition) is 4. The first-order valence-corrected chi connectivity index (χ1v) is 9.48. The van der Waals surface area contributed by atoms with E-state index in [0.717, 1.165) is 29.7 Å². The lowest BCUT2D eigenvalue weighted by molar-refractivity contribution is 0.708. The van der Waals surface area contributed by atoms with Gasteiger partial charge in [-0.15, -0.1) is 35.3 Å². The third kappa shape index (κ3) is 5.77. The van der Waals surface area contributed by atoms with Gasteiger partial charge in [-0.25, -0.2) is 9.97 Å². The van der Waals surface area contributed by atoms with Crippen molar-refractivity contribution in [2.45, 2.75) is 26.3 Å². The topological polar surface area (TPSA) is 67.1 Å². The Bertz CT molecular complexity index is 841. The summed E-state index contributed by atoms with van der Waals surface area (Å²) in [7, 11) is 1.79. The summed E-state index contributed by atoms with van der Waals surface area (Å²) in [5.74, 6) is 3.04. The van der Waals surface area contributed by atoms with Crippen molar-refractivity contribution >= 4 is 41.3 Å². The van der Waals surface area contributed by atoms with Crippen molar-refractivity contribution in [3.8, 4) is 5.82 Å². The summed E-state index contributed by atoms with van der Waals surface area (Å²) in [6.07, 6.45) is 5.57. The lowest BCUT2D eigenvalue weighted by Gasteiger charge is -2.15. The van der Waals surface area contributed by atoms with Crippen LogP contribution in [0.2, 0.25) is 0 Å². The molecule has 0 aliphatic heterocycles. The standard InChI is InChI=1S/C19H24N6S.HI/c1-14(17-5-4-10-26-17)11-23-19(20-3)24-13-16-6-7-18(22-12-16)25-9-8-21-15(25)2;/h4-10,12,14H,11,13H2,1-3H3,(H2,20,23,24);1H. The number of imidazole rings is 1. The summed E-state index contributed by atoms with van der Waals surface area (Å²) in [6, 6.07) is 8.32. The Labute approximate surface area is 181 Å². The van der Waals surface area contributed by atoms with Gasteiger partial charge in [0.25, 0.3) is 0 Å². The predicted octanol–water partition coefficient (Wildman–Crippen LogP) is 3.72. The molecule has 8 heteroatoms. The fraction of sp³-hybridized carbons (Fsp3) is 0.316. The van der Waals surface area contributed by atoms with Crippen LogP contribution in [-0.4, -0.2) is 34.1 Å². The van der Waals surface area contributed by atoms with E-state index in [-0.39, 0.29) is 24.0 Å². The molecule has 0 aliphatic carbocycles. The maximum Gasteiger partial charge on any atom is 0.191 e. The first-order valence-electron chi connectivity index (χ1n) is 8.60. The number of pyridine rings is 1. The molecule has 0 spiro atoms. The second-order valence-electron chi connectivity index (χ2n) is 6.09. The van der Waals surface area contributed by atoms with E-state index in [1.54, 1.807) is 24.6 Å². The molecule has 3 aromatic rings. The van der Waals surface area contributed by atoms with Crippen molar-refractivity contribution in [1.29, 1.82) is 0 Å². The summed E-state index contributed by atoms with van der Waals surface area (Å²) >= 11 is 1.79. The van der Waals surface area contributed by atoms with Crippen LogP contribution in [0.5, 0.6) is 0 Å². The second-order valence-corrected chi connectivity index (χ2v) is 7.07. The number of hydrogen-bond donors (Lipinski definition) is 2. The fourth-order valence-electron chi connectivity index (χ4n) is 2.61. The molecule has 0 aromatic carbocycles. The lowest BCUT2D eigenvalue weighted by atomic mass is 10.1. The van der Waals surface area contributed by atoms with Crippen LogP contribution < -0.4 is 10.6 Å². The third-order valence-corrected chi connectivity index (χ3v) is 5.27. The largest absolute Gasteiger partial charge is 0.356 e. The van der Waals surface area contributed by atoms with E-state index in [1.807, 2.05) is 30.0 Å². The molecule has 3 aromatic heterocycles. The second kappa shape index (κ2) is 10.4. The maximum absolute atomic E-state index is 4.52. The van der Waals surface area contributed by atoms with Gasteiger partial charge in [0.05, 0.1) is 0 Å². The first kappa shape index (κ1) is 21.4. The van der Waals surface area contributed by atoms with Crippen LogP contribution in [0.25, 0.3) is 5.82 Å². The van der Waals surface area contributed by atoms with E-state index >= 15 is 0 Å². The van der Waals surface area contributed by atoms with Crippen molar-refractivity contribution in [2.24, 2.45) is 4.99 Å². The highest BCUT2D eigenvalue weighted by atomic mass is 127. The maximum atomic E-state index is 4.52. The van der Waals surface area contributed by atoms with Crippen LogP contribution in [-0.2, 0) is 6.54 Å². The van der Waals surface area contributed by atoms with Gasteiger partial charge >= 0.3 is 0 Å². The van der Waals surface area contributed by atoms with Gasteiger partial charge in [0.15, 0.2) is 5.96 Å². The fourth-order valence-corrected chi connectivity index (χ4v) is 3.40. The van der Waals surface area contributed by atoms with Crippen LogP contribution in [0, 0.1) is 6.92 Å². The molecule has 3 rings (SSSR count). The van der Waals surface area contributed by atoms with E-state index in [1.165, 1.54) is 4.88 Å². The zero-order valence-electron chi connectivity index (χ0n) is 15.7. The molecular formula is C19H25IN6S. The average Bonchev–Trinajstić information content (AvgIpc) is 3.34. The number of thiophene rings is 1.